The number of ether oxygens (including phenoxy) is 1. The molecule has 27 heavy (non-hydrogen) atoms. The molecule has 0 aromatic carbocycles. The third kappa shape index (κ3) is 5.65. The van der Waals surface area contributed by atoms with Crippen molar-refractivity contribution >= 4 is 16.2 Å². The van der Waals surface area contributed by atoms with Crippen LogP contribution in [0.3, 0.4) is 0 Å². The van der Waals surface area contributed by atoms with Crippen LogP contribution >= 0.6 is 0 Å². The fourth-order valence-electron chi connectivity index (χ4n) is 3.12. The zero-order chi connectivity index (χ0) is 19.8. The minimum Gasteiger partial charge on any atom is -0.444 e. The van der Waals surface area contributed by atoms with E-state index in [-0.39, 0.29) is 18.6 Å². The van der Waals surface area contributed by atoms with E-state index in [9.17, 15) is 13.2 Å². The average Bonchev–Trinajstić information content (AvgIpc) is 3.06. The zero-order valence-electron chi connectivity index (χ0n) is 16.2. The fraction of sp³-hybridized carbons (Fsp3) is 0.824. The second-order valence-electron chi connectivity index (χ2n) is 8.34. The monoisotopic (exact) mass is 401 g/mol. The maximum Gasteiger partial charge on any atom is 0.410 e. The van der Waals surface area contributed by atoms with Gasteiger partial charge in [-0.25, -0.2) is 4.79 Å². The molecule has 1 aromatic rings. The first-order valence-corrected chi connectivity index (χ1v) is 11.0. The Morgan fingerprint density at radius 1 is 1.33 bits per heavy atom. The van der Waals surface area contributed by atoms with Crippen molar-refractivity contribution in [3.8, 4) is 0 Å². The van der Waals surface area contributed by atoms with Crippen molar-refractivity contribution in [3.63, 3.8) is 0 Å². The maximum atomic E-state index is 12.3. The number of nitrogens with zero attached hydrogens (tertiary/aromatic N) is 3. The van der Waals surface area contributed by atoms with Gasteiger partial charge >= 0.3 is 6.09 Å². The van der Waals surface area contributed by atoms with E-state index in [0.717, 1.165) is 19.1 Å². The number of carbonyl (C=O) groups excluding carboxylic acids is 1. The molecule has 0 N–H and O–H groups in total. The van der Waals surface area contributed by atoms with Gasteiger partial charge in [-0.2, -0.15) is 13.4 Å². The second-order valence-corrected chi connectivity index (χ2v) is 9.98. The largest absolute Gasteiger partial charge is 0.444 e. The van der Waals surface area contributed by atoms with Gasteiger partial charge in [0.05, 0.1) is 18.8 Å². The molecule has 1 amide bonds. The van der Waals surface area contributed by atoms with Gasteiger partial charge in [0.2, 0.25) is 5.89 Å². The smallest absolute Gasteiger partial charge is 0.410 e. The minimum absolute atomic E-state index is 0.0493. The summed E-state index contributed by atoms with van der Waals surface area (Å²) in [6.07, 6.45) is 3.39. The van der Waals surface area contributed by atoms with Crippen LogP contribution in [0.4, 0.5) is 4.79 Å². The number of hydrogen-bond acceptors (Lipinski definition) is 8. The molecule has 2 atom stereocenters. The predicted molar refractivity (Wildman–Crippen MR) is 95.7 cm³/mol. The molecule has 1 aliphatic heterocycles. The molecule has 1 unspecified atom stereocenters. The van der Waals surface area contributed by atoms with E-state index in [1.807, 2.05) is 20.8 Å². The van der Waals surface area contributed by atoms with E-state index in [4.69, 9.17) is 13.4 Å². The summed E-state index contributed by atoms with van der Waals surface area (Å²) in [5.74, 6) is 0.924. The third-order valence-corrected chi connectivity index (χ3v) is 5.19. The van der Waals surface area contributed by atoms with E-state index in [2.05, 4.69) is 10.1 Å². The molecule has 1 saturated heterocycles. The van der Waals surface area contributed by atoms with Gasteiger partial charge < -0.3 is 14.2 Å². The fourth-order valence-corrected chi connectivity index (χ4v) is 3.51. The van der Waals surface area contributed by atoms with Crippen LogP contribution < -0.4 is 0 Å². The van der Waals surface area contributed by atoms with Crippen molar-refractivity contribution in [2.75, 3.05) is 26.0 Å². The summed E-state index contributed by atoms with van der Waals surface area (Å²) in [6.45, 7) is 6.32. The van der Waals surface area contributed by atoms with Crippen LogP contribution in [0.25, 0.3) is 0 Å². The summed E-state index contributed by atoms with van der Waals surface area (Å²) in [4.78, 5) is 18.4. The molecule has 2 heterocycles. The van der Waals surface area contributed by atoms with Gasteiger partial charge in [0, 0.05) is 19.0 Å². The van der Waals surface area contributed by atoms with Crippen LogP contribution in [0.5, 0.6) is 0 Å². The van der Waals surface area contributed by atoms with Gasteiger partial charge in [-0.3, -0.25) is 4.18 Å². The average molecular weight is 401 g/mol. The van der Waals surface area contributed by atoms with E-state index >= 15 is 0 Å². The highest BCUT2D eigenvalue weighted by atomic mass is 32.2. The summed E-state index contributed by atoms with van der Waals surface area (Å²) in [5, 5.41) is 4.02. The first-order valence-electron chi connectivity index (χ1n) is 9.17. The summed E-state index contributed by atoms with van der Waals surface area (Å²) in [6, 6.07) is 0. The Balaban J connectivity index is 1.71. The Hall–Kier alpha value is -1.68. The van der Waals surface area contributed by atoms with Crippen molar-refractivity contribution < 1.29 is 26.7 Å². The number of aromatic nitrogens is 2. The van der Waals surface area contributed by atoms with Gasteiger partial charge in [-0.05, 0) is 46.0 Å². The van der Waals surface area contributed by atoms with E-state index < -0.39 is 21.6 Å². The lowest BCUT2D eigenvalue weighted by atomic mass is 9.92. The van der Waals surface area contributed by atoms with Crippen molar-refractivity contribution in [2.24, 2.45) is 5.92 Å². The molecular formula is C17H27N3O6S. The molecule has 0 spiro atoms. The summed E-state index contributed by atoms with van der Waals surface area (Å²) >= 11 is 0. The van der Waals surface area contributed by atoms with Crippen LogP contribution in [-0.4, -0.2) is 61.1 Å². The Kier molecular flexibility index (Phi) is 5.49. The van der Waals surface area contributed by atoms with Gasteiger partial charge in [-0.15, -0.1) is 0 Å². The molecule has 152 valence electrons. The highest BCUT2D eigenvalue weighted by Gasteiger charge is 2.39. The molecular weight excluding hydrogens is 374 g/mol. The topological polar surface area (TPSA) is 112 Å². The van der Waals surface area contributed by atoms with Crippen molar-refractivity contribution in [3.05, 3.63) is 11.7 Å². The van der Waals surface area contributed by atoms with E-state index in [0.29, 0.717) is 37.1 Å². The van der Waals surface area contributed by atoms with Gasteiger partial charge in [0.15, 0.2) is 5.82 Å². The number of carbonyl (C=O) groups is 1. The van der Waals surface area contributed by atoms with Crippen LogP contribution in [0.1, 0.15) is 63.6 Å². The zero-order valence-corrected chi connectivity index (χ0v) is 17.0. The number of hydrogen-bond donors (Lipinski definition) is 0. The maximum absolute atomic E-state index is 12.3. The predicted octanol–water partition coefficient (Wildman–Crippen LogP) is 2.26. The quantitative estimate of drug-likeness (QED) is 0.667. The highest BCUT2D eigenvalue weighted by molar-refractivity contribution is 7.85. The summed E-state index contributed by atoms with van der Waals surface area (Å²) in [7, 11) is -3.60. The molecule has 1 saturated carbocycles. The van der Waals surface area contributed by atoms with Crippen LogP contribution in [0.15, 0.2) is 4.52 Å². The minimum atomic E-state index is -3.60. The van der Waals surface area contributed by atoms with Crippen LogP contribution in [0, 0.1) is 5.92 Å². The Labute approximate surface area is 159 Å². The Bertz CT molecular complexity index is 781. The molecule has 10 heteroatoms. The molecule has 0 radical (unpaired) electrons. The molecule has 2 fully saturated rings. The molecule has 0 bridgehead atoms. The number of amides is 1. The normalized spacial score (nSPS) is 22.1. The second kappa shape index (κ2) is 7.38. The molecule has 3 rings (SSSR count). The lowest BCUT2D eigenvalue weighted by molar-refractivity contribution is 0.0283. The first-order chi connectivity index (χ1) is 12.5. The lowest BCUT2D eigenvalue weighted by Crippen LogP contribution is -2.36. The van der Waals surface area contributed by atoms with E-state index in [1.54, 1.807) is 4.90 Å². The van der Waals surface area contributed by atoms with E-state index in [1.165, 1.54) is 0 Å². The summed E-state index contributed by atoms with van der Waals surface area (Å²) < 4.78 is 38.8. The molecule has 1 aliphatic carbocycles. The summed E-state index contributed by atoms with van der Waals surface area (Å²) in [5.41, 5.74) is -0.570. The molecule has 2 aliphatic rings. The first kappa shape index (κ1) is 20.1. The Morgan fingerprint density at radius 3 is 2.63 bits per heavy atom. The molecule has 1 aromatic heterocycles. The van der Waals surface area contributed by atoms with Gasteiger partial charge in [0.25, 0.3) is 10.1 Å². The van der Waals surface area contributed by atoms with Crippen LogP contribution in [0.2, 0.25) is 0 Å². The highest BCUT2D eigenvalue weighted by Crippen LogP contribution is 2.40. The standard InChI is InChI=1S/C17H27N3O6S/c1-17(2,3)25-16(21)20-8-7-12(9-20)13(10-24-27(4,22)23)15-18-14(19-26-15)11-5-6-11/h11-13H,5-10H2,1-4H3/t12-,13?/m0/s1. The van der Waals surface area contributed by atoms with Crippen LogP contribution in [-0.2, 0) is 19.0 Å². The molecule has 9 nitrogen and oxygen atoms in total. The number of likely N-dealkylation sites (tertiary alicyclic amines) is 1. The lowest BCUT2D eigenvalue weighted by Gasteiger charge is -2.25. The third-order valence-electron chi connectivity index (χ3n) is 4.62. The van der Waals surface area contributed by atoms with Gasteiger partial charge in [-0.1, -0.05) is 5.16 Å². The van der Waals surface area contributed by atoms with Crippen molar-refractivity contribution in [1.82, 2.24) is 15.0 Å². The van der Waals surface area contributed by atoms with Crippen molar-refractivity contribution in [2.45, 2.75) is 57.5 Å². The van der Waals surface area contributed by atoms with Crippen molar-refractivity contribution in [1.29, 1.82) is 0 Å². The SMILES string of the molecule is CC(C)(C)OC(=O)N1CC[C@H](C(COS(C)(=O)=O)c2nc(C3CC3)no2)C1. The number of rotatable bonds is 6. The Morgan fingerprint density at radius 2 is 2.04 bits per heavy atom. The van der Waals surface area contributed by atoms with Gasteiger partial charge in [0.1, 0.15) is 5.60 Å².